The fraction of sp³-hybridized carbons (Fsp3) is 0.308. The van der Waals surface area contributed by atoms with Crippen LogP contribution in [0.25, 0.3) is 11.0 Å². The number of benzene rings is 1. The topological polar surface area (TPSA) is 87.6 Å². The molecule has 1 aromatic carbocycles. The Balaban J connectivity index is 2.19. The zero-order valence-electron chi connectivity index (χ0n) is 11.0. The first kappa shape index (κ1) is 13.1. The van der Waals surface area contributed by atoms with Gasteiger partial charge in [0.15, 0.2) is 0 Å². The van der Waals surface area contributed by atoms with Gasteiger partial charge >= 0.3 is 0 Å². The van der Waals surface area contributed by atoms with Gasteiger partial charge in [0.2, 0.25) is 0 Å². The van der Waals surface area contributed by atoms with Gasteiger partial charge < -0.3 is 15.8 Å². The smallest absolute Gasteiger partial charge is 0.147 e. The van der Waals surface area contributed by atoms with E-state index in [1.165, 1.54) is 0 Å². The molecule has 3 N–H and O–H groups in total. The Hall–Kier alpha value is -2.37. The maximum Gasteiger partial charge on any atom is 0.147 e. The first-order valence-corrected chi connectivity index (χ1v) is 6.02. The van der Waals surface area contributed by atoms with Gasteiger partial charge in [-0.1, -0.05) is 24.2 Å². The van der Waals surface area contributed by atoms with Crippen molar-refractivity contribution in [1.82, 2.24) is 9.97 Å². The second-order valence-electron chi connectivity index (χ2n) is 4.52. The Kier molecular flexibility index (Phi) is 3.79. The Morgan fingerprint density at radius 2 is 2.11 bits per heavy atom. The van der Waals surface area contributed by atoms with Gasteiger partial charge in [-0.25, -0.2) is 4.98 Å². The molecule has 19 heavy (non-hydrogen) atoms. The fourth-order valence-corrected chi connectivity index (χ4v) is 1.83. The summed E-state index contributed by atoms with van der Waals surface area (Å²) in [4.78, 5) is 10.8. The molecule has 2 rings (SSSR count). The lowest BCUT2D eigenvalue weighted by atomic mass is 10.1. The van der Waals surface area contributed by atoms with Gasteiger partial charge in [-0.15, -0.1) is 0 Å². The van der Waals surface area contributed by atoms with Gasteiger partial charge in [0.25, 0.3) is 0 Å². The summed E-state index contributed by atoms with van der Waals surface area (Å²) in [7, 11) is 1.90. The summed E-state index contributed by atoms with van der Waals surface area (Å²) in [6.07, 6.45) is 1.72. The third-order valence-electron chi connectivity index (χ3n) is 3.00. The summed E-state index contributed by atoms with van der Waals surface area (Å²) in [6, 6.07) is 7.71. The highest BCUT2D eigenvalue weighted by molar-refractivity contribution is 5.82. The van der Waals surface area contributed by atoms with Gasteiger partial charge in [0, 0.05) is 19.5 Å². The minimum absolute atomic E-state index is 0.0664. The van der Waals surface area contributed by atoms with Crippen molar-refractivity contribution >= 4 is 22.7 Å². The molecule has 0 bridgehead atoms. The van der Waals surface area contributed by atoms with Gasteiger partial charge in [0.05, 0.1) is 17.2 Å². The average molecular weight is 259 g/mol. The van der Waals surface area contributed by atoms with Crippen molar-refractivity contribution in [3.05, 3.63) is 30.5 Å². The molecule has 100 valence electrons. The van der Waals surface area contributed by atoms with Crippen molar-refractivity contribution in [3.8, 4) is 0 Å². The molecule has 0 aliphatic rings. The summed E-state index contributed by atoms with van der Waals surface area (Å²) in [6.45, 7) is 2.49. The molecule has 1 unspecified atom stereocenters. The lowest BCUT2D eigenvalue weighted by Gasteiger charge is -2.21. The minimum Gasteiger partial charge on any atom is -0.409 e. The second kappa shape index (κ2) is 5.51. The summed E-state index contributed by atoms with van der Waals surface area (Å²) >= 11 is 0. The highest BCUT2D eigenvalue weighted by Gasteiger charge is 2.12. The average Bonchev–Trinajstić information content (AvgIpc) is 2.45. The molecule has 2 aromatic rings. The highest BCUT2D eigenvalue weighted by Crippen LogP contribution is 2.15. The molecule has 1 aromatic heterocycles. The van der Waals surface area contributed by atoms with Crippen LogP contribution in [0.3, 0.4) is 0 Å². The monoisotopic (exact) mass is 259 g/mol. The third-order valence-corrected chi connectivity index (χ3v) is 3.00. The van der Waals surface area contributed by atoms with E-state index in [4.69, 9.17) is 10.9 Å². The van der Waals surface area contributed by atoms with Gasteiger partial charge in [-0.3, -0.25) is 4.98 Å². The molecule has 6 heteroatoms. The van der Waals surface area contributed by atoms with Crippen molar-refractivity contribution < 1.29 is 5.21 Å². The molecule has 0 fully saturated rings. The zero-order valence-corrected chi connectivity index (χ0v) is 11.0. The standard InChI is InChI=1S/C13H17N5O/c1-9(13(14)17-19)8-18(2)12-7-15-10-5-3-4-6-11(10)16-12/h3-7,9,19H,8H2,1-2H3,(H2,14,17). The van der Waals surface area contributed by atoms with E-state index in [-0.39, 0.29) is 11.8 Å². The number of amidine groups is 1. The quantitative estimate of drug-likeness (QED) is 0.375. The van der Waals surface area contributed by atoms with E-state index in [9.17, 15) is 0 Å². The van der Waals surface area contributed by atoms with Crippen LogP contribution in [-0.4, -0.2) is 34.6 Å². The number of hydrogen-bond acceptors (Lipinski definition) is 5. The SMILES string of the molecule is CC(CN(C)c1cnc2ccccc2n1)C(N)=NO. The molecule has 0 amide bonds. The van der Waals surface area contributed by atoms with Crippen LogP contribution in [0.2, 0.25) is 0 Å². The Morgan fingerprint density at radius 3 is 2.79 bits per heavy atom. The van der Waals surface area contributed by atoms with Crippen LogP contribution in [0.5, 0.6) is 0 Å². The largest absolute Gasteiger partial charge is 0.409 e. The third kappa shape index (κ3) is 2.90. The van der Waals surface area contributed by atoms with E-state index in [2.05, 4.69) is 15.1 Å². The Labute approximate surface area is 111 Å². The summed E-state index contributed by atoms with van der Waals surface area (Å²) < 4.78 is 0. The molecule has 0 aliphatic carbocycles. The van der Waals surface area contributed by atoms with Crippen LogP contribution in [0, 0.1) is 5.92 Å². The molecule has 1 atom stereocenters. The van der Waals surface area contributed by atoms with Crippen molar-refractivity contribution in [3.63, 3.8) is 0 Å². The summed E-state index contributed by atoms with van der Waals surface area (Å²) in [5.41, 5.74) is 7.29. The number of aromatic nitrogens is 2. The molecular formula is C13H17N5O. The minimum atomic E-state index is -0.0664. The van der Waals surface area contributed by atoms with Crippen LogP contribution in [0.15, 0.2) is 35.6 Å². The lowest BCUT2D eigenvalue weighted by molar-refractivity contribution is 0.314. The summed E-state index contributed by atoms with van der Waals surface area (Å²) in [5, 5.41) is 11.7. The second-order valence-corrected chi connectivity index (χ2v) is 4.52. The van der Waals surface area contributed by atoms with Gasteiger partial charge in [0.1, 0.15) is 11.7 Å². The Morgan fingerprint density at radius 1 is 1.42 bits per heavy atom. The molecule has 6 nitrogen and oxygen atoms in total. The normalized spacial score (nSPS) is 13.5. The number of nitrogens with two attached hydrogens (primary N) is 1. The zero-order chi connectivity index (χ0) is 13.8. The van der Waals surface area contributed by atoms with Crippen molar-refractivity contribution in [1.29, 1.82) is 0 Å². The number of rotatable bonds is 4. The van der Waals surface area contributed by atoms with Crippen LogP contribution in [-0.2, 0) is 0 Å². The van der Waals surface area contributed by atoms with Crippen LogP contribution >= 0.6 is 0 Å². The number of anilines is 1. The molecule has 0 saturated carbocycles. The number of para-hydroxylation sites is 2. The van der Waals surface area contributed by atoms with E-state index in [1.54, 1.807) is 6.20 Å². The lowest BCUT2D eigenvalue weighted by Crippen LogP contribution is -2.33. The highest BCUT2D eigenvalue weighted by atomic mass is 16.4. The molecule has 0 saturated heterocycles. The fourth-order valence-electron chi connectivity index (χ4n) is 1.83. The van der Waals surface area contributed by atoms with Crippen molar-refractivity contribution in [2.24, 2.45) is 16.8 Å². The van der Waals surface area contributed by atoms with Crippen molar-refractivity contribution in [2.45, 2.75) is 6.92 Å². The van der Waals surface area contributed by atoms with Gasteiger partial charge in [-0.2, -0.15) is 0 Å². The number of fused-ring (bicyclic) bond motifs is 1. The maximum atomic E-state index is 8.65. The predicted molar refractivity (Wildman–Crippen MR) is 75.4 cm³/mol. The Bertz CT molecular complexity index is 598. The van der Waals surface area contributed by atoms with Gasteiger partial charge in [-0.05, 0) is 12.1 Å². The number of hydrogen-bond donors (Lipinski definition) is 2. The van der Waals surface area contributed by atoms with E-state index in [0.29, 0.717) is 6.54 Å². The summed E-state index contributed by atoms with van der Waals surface area (Å²) in [5.74, 6) is 0.903. The van der Waals surface area contributed by atoms with E-state index in [0.717, 1.165) is 16.9 Å². The predicted octanol–water partition coefficient (Wildman–Crippen LogP) is 1.45. The van der Waals surface area contributed by atoms with E-state index < -0.39 is 0 Å². The molecule has 0 aliphatic heterocycles. The molecule has 0 radical (unpaired) electrons. The number of oxime groups is 1. The first-order valence-electron chi connectivity index (χ1n) is 6.02. The van der Waals surface area contributed by atoms with Crippen LogP contribution in [0.4, 0.5) is 5.82 Å². The van der Waals surface area contributed by atoms with E-state index >= 15 is 0 Å². The van der Waals surface area contributed by atoms with Crippen molar-refractivity contribution in [2.75, 3.05) is 18.5 Å². The first-order chi connectivity index (χ1) is 9.11. The molecule has 1 heterocycles. The number of nitrogens with zero attached hydrogens (tertiary/aromatic N) is 4. The van der Waals surface area contributed by atoms with E-state index in [1.807, 2.05) is 43.1 Å². The van der Waals surface area contributed by atoms with Crippen LogP contribution < -0.4 is 10.6 Å². The molecule has 0 spiro atoms. The maximum absolute atomic E-state index is 8.65. The molecular weight excluding hydrogens is 242 g/mol. The van der Waals surface area contributed by atoms with Crippen LogP contribution in [0.1, 0.15) is 6.92 Å².